The summed E-state index contributed by atoms with van der Waals surface area (Å²) in [6.45, 7) is 9.66. The molecular formula is C83H162O17P2. The molecule has 606 valence electrons. The van der Waals surface area contributed by atoms with Gasteiger partial charge in [0.25, 0.3) is 0 Å². The molecule has 0 amide bonds. The van der Waals surface area contributed by atoms with Crippen LogP contribution in [0.1, 0.15) is 440 Å². The van der Waals surface area contributed by atoms with E-state index in [1.54, 1.807) is 0 Å². The number of ether oxygens (including phenoxy) is 4. The standard InChI is InChI=1S/C83H162O17P2/c1-7-9-11-13-15-17-19-21-23-29-33-36-40-47-53-59-65-80(85)93-71-78(99-83(88)68-62-56-50-42-38-34-30-27-25-24-26-28-31-35-39-45-51-57-63-75(3)4)73-97-101(89,90)95-69-77(84)70-96-102(91,92)98-74-79(72-94-81(86)66-60-54-48-44-43-46-52-58-64-76(5)6)100-82(87)67-61-55-49-41-37-32-22-20-18-16-14-12-10-8-2/h75-79,84H,7-74H2,1-6H3,(H,89,90)(H,91,92)/t77-,78-,79-/m1/s1. The first kappa shape index (κ1) is 100. The van der Waals surface area contributed by atoms with Gasteiger partial charge in [0.1, 0.15) is 19.3 Å². The number of aliphatic hydroxyl groups is 1. The molecule has 5 atom stereocenters. The third-order valence-electron chi connectivity index (χ3n) is 19.5. The monoisotopic (exact) mass is 1490 g/mol. The minimum absolute atomic E-state index is 0.108. The number of esters is 4. The summed E-state index contributed by atoms with van der Waals surface area (Å²) in [4.78, 5) is 73.1. The Hall–Kier alpha value is -1.94. The maximum absolute atomic E-state index is 13.1. The van der Waals surface area contributed by atoms with E-state index in [1.807, 2.05) is 0 Å². The Kier molecular flexibility index (Phi) is 73.1. The number of carbonyl (C=O) groups excluding carboxylic acids is 4. The van der Waals surface area contributed by atoms with Gasteiger partial charge in [-0.05, 0) is 37.5 Å². The van der Waals surface area contributed by atoms with E-state index in [-0.39, 0.29) is 25.7 Å². The number of phosphoric acid groups is 2. The smallest absolute Gasteiger partial charge is 0.462 e. The van der Waals surface area contributed by atoms with E-state index in [0.717, 1.165) is 102 Å². The molecule has 0 aromatic carbocycles. The molecule has 0 aliphatic rings. The van der Waals surface area contributed by atoms with Gasteiger partial charge < -0.3 is 33.8 Å². The summed E-state index contributed by atoms with van der Waals surface area (Å²) < 4.78 is 68.8. The topological polar surface area (TPSA) is 237 Å². The zero-order valence-corrected chi connectivity index (χ0v) is 68.7. The molecule has 0 radical (unpaired) electrons. The summed E-state index contributed by atoms with van der Waals surface area (Å²) in [6, 6.07) is 0. The van der Waals surface area contributed by atoms with Crippen LogP contribution in [0.15, 0.2) is 0 Å². The van der Waals surface area contributed by atoms with Crippen LogP contribution in [-0.2, 0) is 65.4 Å². The zero-order valence-electron chi connectivity index (χ0n) is 66.9. The molecule has 0 spiro atoms. The second-order valence-electron chi connectivity index (χ2n) is 30.8. The average Bonchev–Trinajstić information content (AvgIpc) is 0.929. The quantitative estimate of drug-likeness (QED) is 0.0222. The molecule has 0 aromatic rings. The first-order valence-corrected chi connectivity index (χ1v) is 46.0. The van der Waals surface area contributed by atoms with Gasteiger partial charge >= 0.3 is 39.5 Å². The molecule has 0 aliphatic carbocycles. The van der Waals surface area contributed by atoms with Crippen LogP contribution in [0.4, 0.5) is 0 Å². The fourth-order valence-corrected chi connectivity index (χ4v) is 14.5. The third kappa shape index (κ3) is 76.3. The largest absolute Gasteiger partial charge is 0.472 e. The summed E-state index contributed by atoms with van der Waals surface area (Å²) >= 11 is 0. The highest BCUT2D eigenvalue weighted by molar-refractivity contribution is 7.47. The lowest BCUT2D eigenvalue weighted by Gasteiger charge is -2.21. The van der Waals surface area contributed by atoms with E-state index >= 15 is 0 Å². The van der Waals surface area contributed by atoms with Crippen LogP contribution < -0.4 is 0 Å². The van der Waals surface area contributed by atoms with Gasteiger partial charge in [0.05, 0.1) is 26.4 Å². The Morgan fingerprint density at radius 1 is 0.265 bits per heavy atom. The summed E-state index contributed by atoms with van der Waals surface area (Å²) in [5.41, 5.74) is 0. The lowest BCUT2D eigenvalue weighted by atomic mass is 10.0. The molecule has 0 saturated heterocycles. The molecule has 0 heterocycles. The Balaban J connectivity index is 5.23. The molecule has 0 rings (SSSR count). The number of hydrogen-bond donors (Lipinski definition) is 3. The summed E-state index contributed by atoms with van der Waals surface area (Å²) in [5, 5.41) is 10.7. The van der Waals surface area contributed by atoms with Crippen molar-refractivity contribution in [2.45, 2.75) is 458 Å². The van der Waals surface area contributed by atoms with Crippen LogP contribution in [0.25, 0.3) is 0 Å². The normalized spacial score (nSPS) is 13.9. The van der Waals surface area contributed by atoms with Crippen molar-refractivity contribution in [2.24, 2.45) is 11.8 Å². The molecule has 2 unspecified atom stereocenters. The van der Waals surface area contributed by atoms with Crippen molar-refractivity contribution in [3.63, 3.8) is 0 Å². The summed E-state index contributed by atoms with van der Waals surface area (Å²) in [7, 11) is -9.92. The molecule has 0 aromatic heterocycles. The number of carbonyl (C=O) groups is 4. The lowest BCUT2D eigenvalue weighted by Crippen LogP contribution is -2.30. The van der Waals surface area contributed by atoms with E-state index in [9.17, 15) is 43.2 Å². The van der Waals surface area contributed by atoms with Crippen LogP contribution in [0.3, 0.4) is 0 Å². The minimum Gasteiger partial charge on any atom is -0.462 e. The number of rotatable bonds is 82. The SMILES string of the molecule is CCCCCCCCCCCCCCCCCCC(=O)OC[C@H](COP(=O)(O)OC[C@@H](O)COP(=O)(O)OC[C@@H](COC(=O)CCCCCCCCCCC(C)C)OC(=O)CCCCCCCCCCCCCCCC)OC(=O)CCCCCCCCCCCCCCCCCCCCC(C)C. The molecule has 0 fully saturated rings. The Morgan fingerprint density at radius 3 is 0.667 bits per heavy atom. The second-order valence-corrected chi connectivity index (χ2v) is 33.7. The first-order valence-electron chi connectivity index (χ1n) is 43.0. The lowest BCUT2D eigenvalue weighted by molar-refractivity contribution is -0.161. The molecular weight excluding hydrogens is 1330 g/mol. The van der Waals surface area contributed by atoms with E-state index in [0.29, 0.717) is 25.7 Å². The van der Waals surface area contributed by atoms with Gasteiger partial charge in [-0.1, -0.05) is 388 Å². The summed E-state index contributed by atoms with van der Waals surface area (Å²) in [5.74, 6) is -0.558. The van der Waals surface area contributed by atoms with E-state index < -0.39 is 97.5 Å². The fraction of sp³-hybridized carbons (Fsp3) is 0.952. The predicted octanol–water partition coefficient (Wildman–Crippen LogP) is 25.1. The maximum atomic E-state index is 13.1. The fourth-order valence-electron chi connectivity index (χ4n) is 12.9. The Labute approximate surface area is 626 Å². The second kappa shape index (κ2) is 74.5. The number of aliphatic hydroxyl groups excluding tert-OH is 1. The highest BCUT2D eigenvalue weighted by Crippen LogP contribution is 2.45. The number of phosphoric ester groups is 2. The Morgan fingerprint density at radius 2 is 0.451 bits per heavy atom. The van der Waals surface area contributed by atoms with Crippen molar-refractivity contribution in [1.29, 1.82) is 0 Å². The third-order valence-corrected chi connectivity index (χ3v) is 21.4. The van der Waals surface area contributed by atoms with Gasteiger partial charge in [-0.2, -0.15) is 0 Å². The average molecular weight is 1490 g/mol. The molecule has 0 saturated carbocycles. The summed E-state index contributed by atoms with van der Waals surface area (Å²) in [6.07, 6.45) is 65.2. The van der Waals surface area contributed by atoms with E-state index in [1.165, 1.54) is 257 Å². The molecule has 17 nitrogen and oxygen atoms in total. The predicted molar refractivity (Wildman–Crippen MR) is 418 cm³/mol. The first-order chi connectivity index (χ1) is 49.4. The van der Waals surface area contributed by atoms with Crippen LogP contribution in [0.5, 0.6) is 0 Å². The molecule has 0 bridgehead atoms. The number of unbranched alkanes of at least 4 members (excludes halogenated alkanes) is 52. The molecule has 19 heteroatoms. The van der Waals surface area contributed by atoms with Crippen molar-refractivity contribution in [3.8, 4) is 0 Å². The Bertz CT molecular complexity index is 1960. The van der Waals surface area contributed by atoms with Gasteiger partial charge in [-0.25, -0.2) is 9.13 Å². The van der Waals surface area contributed by atoms with Crippen LogP contribution >= 0.6 is 15.6 Å². The maximum Gasteiger partial charge on any atom is 0.472 e. The van der Waals surface area contributed by atoms with Crippen molar-refractivity contribution >= 4 is 39.5 Å². The zero-order chi connectivity index (χ0) is 74.9. The van der Waals surface area contributed by atoms with Gasteiger partial charge in [0, 0.05) is 25.7 Å². The molecule has 0 aliphatic heterocycles. The van der Waals surface area contributed by atoms with Crippen LogP contribution in [-0.4, -0.2) is 96.7 Å². The number of hydrogen-bond acceptors (Lipinski definition) is 15. The minimum atomic E-state index is -4.96. The van der Waals surface area contributed by atoms with Crippen LogP contribution in [0.2, 0.25) is 0 Å². The molecule has 102 heavy (non-hydrogen) atoms. The highest BCUT2D eigenvalue weighted by atomic mass is 31.2. The van der Waals surface area contributed by atoms with Gasteiger partial charge in [-0.3, -0.25) is 37.3 Å². The molecule has 3 N–H and O–H groups in total. The van der Waals surface area contributed by atoms with Gasteiger partial charge in [-0.15, -0.1) is 0 Å². The van der Waals surface area contributed by atoms with Crippen LogP contribution in [0, 0.1) is 11.8 Å². The van der Waals surface area contributed by atoms with E-state index in [4.69, 9.17) is 37.0 Å². The van der Waals surface area contributed by atoms with Crippen molar-refractivity contribution in [2.75, 3.05) is 39.6 Å². The van der Waals surface area contributed by atoms with Gasteiger partial charge in [0.15, 0.2) is 12.2 Å². The van der Waals surface area contributed by atoms with Crippen molar-refractivity contribution in [3.05, 3.63) is 0 Å². The van der Waals surface area contributed by atoms with Gasteiger partial charge in [0.2, 0.25) is 0 Å². The highest BCUT2D eigenvalue weighted by Gasteiger charge is 2.30. The van der Waals surface area contributed by atoms with E-state index in [2.05, 4.69) is 41.5 Å². The van der Waals surface area contributed by atoms with Crippen molar-refractivity contribution < 1.29 is 80.2 Å². The van der Waals surface area contributed by atoms with Crippen molar-refractivity contribution in [1.82, 2.24) is 0 Å².